The van der Waals surface area contributed by atoms with Gasteiger partial charge in [-0.05, 0) is 61.6 Å². The van der Waals surface area contributed by atoms with Crippen LogP contribution in [-0.2, 0) is 16.1 Å². The predicted octanol–water partition coefficient (Wildman–Crippen LogP) is 4.50. The summed E-state index contributed by atoms with van der Waals surface area (Å²) in [5.41, 5.74) is 2.16. The summed E-state index contributed by atoms with van der Waals surface area (Å²) in [6.45, 7) is 7.44. The quantitative estimate of drug-likeness (QED) is 0.466. The standard InChI is InChI=1S/C26H36N2O4/c1-5-17-27-26(30)24(6-2)28(19-21-11-8-7-10-20(21)3)25(29)12-9-18-32-23-15-13-22(31-4)14-16-23/h7-8,10-11,13-16,24H,5-6,9,12,17-19H2,1-4H3,(H,27,30)/t24-/m0/s1. The van der Waals surface area contributed by atoms with Gasteiger partial charge >= 0.3 is 0 Å². The Morgan fingerprint density at radius 2 is 1.72 bits per heavy atom. The maximum absolute atomic E-state index is 13.2. The molecule has 0 spiro atoms. The number of benzene rings is 2. The fourth-order valence-electron chi connectivity index (χ4n) is 3.49. The third-order valence-electron chi connectivity index (χ3n) is 5.40. The molecule has 0 aliphatic rings. The number of rotatable bonds is 13. The Hall–Kier alpha value is -3.02. The maximum atomic E-state index is 13.2. The molecular formula is C26H36N2O4. The van der Waals surface area contributed by atoms with Crippen molar-refractivity contribution in [2.24, 2.45) is 0 Å². The number of nitrogens with zero attached hydrogens (tertiary/aromatic N) is 1. The molecule has 6 nitrogen and oxygen atoms in total. The molecule has 0 unspecified atom stereocenters. The summed E-state index contributed by atoms with van der Waals surface area (Å²) in [7, 11) is 1.62. The molecule has 0 aromatic heterocycles. The van der Waals surface area contributed by atoms with Crippen LogP contribution in [0.2, 0.25) is 0 Å². The van der Waals surface area contributed by atoms with Gasteiger partial charge in [-0.25, -0.2) is 0 Å². The molecule has 2 aromatic carbocycles. The molecule has 0 heterocycles. The lowest BCUT2D eigenvalue weighted by Crippen LogP contribution is -2.49. The van der Waals surface area contributed by atoms with Gasteiger partial charge in [-0.1, -0.05) is 38.1 Å². The van der Waals surface area contributed by atoms with Crippen molar-refractivity contribution in [3.05, 3.63) is 59.7 Å². The van der Waals surface area contributed by atoms with Crippen LogP contribution in [0.1, 0.15) is 50.7 Å². The Balaban J connectivity index is 2.03. The van der Waals surface area contributed by atoms with E-state index in [0.29, 0.717) is 39.0 Å². The number of amides is 2. The van der Waals surface area contributed by atoms with E-state index in [1.165, 1.54) is 0 Å². The SMILES string of the molecule is CCCNC(=O)[C@H](CC)N(Cc1ccccc1C)C(=O)CCCOc1ccc(OC)cc1. The Labute approximate surface area is 191 Å². The monoisotopic (exact) mass is 440 g/mol. The van der Waals surface area contributed by atoms with Gasteiger partial charge in [-0.15, -0.1) is 0 Å². The van der Waals surface area contributed by atoms with Crippen LogP contribution >= 0.6 is 0 Å². The van der Waals surface area contributed by atoms with Crippen molar-refractivity contribution in [3.63, 3.8) is 0 Å². The first-order valence-corrected chi connectivity index (χ1v) is 11.4. The third-order valence-corrected chi connectivity index (χ3v) is 5.40. The fraction of sp³-hybridized carbons (Fsp3) is 0.462. The Morgan fingerprint density at radius 3 is 2.34 bits per heavy atom. The van der Waals surface area contributed by atoms with Crippen molar-refractivity contribution in [1.29, 1.82) is 0 Å². The highest BCUT2D eigenvalue weighted by Gasteiger charge is 2.28. The van der Waals surface area contributed by atoms with Crippen LogP contribution in [0.5, 0.6) is 11.5 Å². The first-order chi connectivity index (χ1) is 15.5. The van der Waals surface area contributed by atoms with Gasteiger partial charge in [0.05, 0.1) is 13.7 Å². The average Bonchev–Trinajstić information content (AvgIpc) is 2.81. The van der Waals surface area contributed by atoms with E-state index in [-0.39, 0.29) is 11.8 Å². The first-order valence-electron chi connectivity index (χ1n) is 11.4. The van der Waals surface area contributed by atoms with Crippen LogP contribution in [-0.4, -0.2) is 43.0 Å². The number of carbonyl (C=O) groups excluding carboxylic acids is 2. The molecule has 2 rings (SSSR count). The highest BCUT2D eigenvalue weighted by Crippen LogP contribution is 2.19. The van der Waals surface area contributed by atoms with E-state index in [9.17, 15) is 9.59 Å². The van der Waals surface area contributed by atoms with E-state index >= 15 is 0 Å². The van der Waals surface area contributed by atoms with E-state index in [1.54, 1.807) is 12.0 Å². The molecule has 0 radical (unpaired) electrons. The zero-order valence-electron chi connectivity index (χ0n) is 19.7. The molecule has 6 heteroatoms. The van der Waals surface area contributed by atoms with Crippen LogP contribution in [0.3, 0.4) is 0 Å². The number of carbonyl (C=O) groups is 2. The molecule has 0 saturated heterocycles. The van der Waals surface area contributed by atoms with Gasteiger partial charge in [0.1, 0.15) is 17.5 Å². The molecule has 1 N–H and O–H groups in total. The van der Waals surface area contributed by atoms with Gasteiger partial charge in [-0.3, -0.25) is 9.59 Å². The first kappa shape index (κ1) is 25.2. The lowest BCUT2D eigenvalue weighted by atomic mass is 10.1. The van der Waals surface area contributed by atoms with Crippen LogP contribution in [0.4, 0.5) is 0 Å². The van der Waals surface area contributed by atoms with Crippen molar-refractivity contribution < 1.29 is 19.1 Å². The van der Waals surface area contributed by atoms with Gasteiger partial charge < -0.3 is 19.7 Å². The lowest BCUT2D eigenvalue weighted by Gasteiger charge is -2.31. The van der Waals surface area contributed by atoms with E-state index in [4.69, 9.17) is 9.47 Å². The molecule has 0 bridgehead atoms. The van der Waals surface area contributed by atoms with E-state index in [2.05, 4.69) is 5.32 Å². The summed E-state index contributed by atoms with van der Waals surface area (Å²) < 4.78 is 10.9. The van der Waals surface area contributed by atoms with Crippen molar-refractivity contribution >= 4 is 11.8 Å². The number of methoxy groups -OCH3 is 1. The summed E-state index contributed by atoms with van der Waals surface area (Å²) in [6.07, 6.45) is 2.31. The van der Waals surface area contributed by atoms with Crippen molar-refractivity contribution in [2.75, 3.05) is 20.3 Å². The zero-order chi connectivity index (χ0) is 23.3. The molecule has 1 atom stereocenters. The Morgan fingerprint density at radius 1 is 1.03 bits per heavy atom. The molecule has 0 aliphatic carbocycles. The minimum atomic E-state index is -0.490. The molecule has 2 aromatic rings. The molecule has 32 heavy (non-hydrogen) atoms. The van der Waals surface area contributed by atoms with Crippen LogP contribution in [0.25, 0.3) is 0 Å². The van der Waals surface area contributed by atoms with Crippen LogP contribution in [0, 0.1) is 6.92 Å². The minimum absolute atomic E-state index is 0.0370. The molecule has 0 fully saturated rings. The highest BCUT2D eigenvalue weighted by atomic mass is 16.5. The average molecular weight is 441 g/mol. The maximum Gasteiger partial charge on any atom is 0.242 e. The van der Waals surface area contributed by atoms with E-state index in [1.807, 2.05) is 69.3 Å². The molecule has 174 valence electrons. The molecule has 0 saturated carbocycles. The summed E-state index contributed by atoms with van der Waals surface area (Å²) in [4.78, 5) is 27.7. The van der Waals surface area contributed by atoms with Crippen LogP contribution in [0.15, 0.2) is 48.5 Å². The largest absolute Gasteiger partial charge is 0.497 e. The zero-order valence-corrected chi connectivity index (χ0v) is 19.7. The second kappa shape index (κ2) is 13.4. The summed E-state index contributed by atoms with van der Waals surface area (Å²) in [6, 6.07) is 14.9. The predicted molar refractivity (Wildman–Crippen MR) is 127 cm³/mol. The summed E-state index contributed by atoms with van der Waals surface area (Å²) in [5, 5.41) is 2.95. The summed E-state index contributed by atoms with van der Waals surface area (Å²) >= 11 is 0. The Bertz CT molecular complexity index is 851. The highest BCUT2D eigenvalue weighted by molar-refractivity contribution is 5.87. The van der Waals surface area contributed by atoms with Gasteiger partial charge in [-0.2, -0.15) is 0 Å². The number of hydrogen-bond donors (Lipinski definition) is 1. The van der Waals surface area contributed by atoms with Crippen molar-refractivity contribution in [1.82, 2.24) is 10.2 Å². The van der Waals surface area contributed by atoms with Crippen molar-refractivity contribution in [2.45, 2.75) is 59.0 Å². The Kier molecular flexibility index (Phi) is 10.6. The van der Waals surface area contributed by atoms with E-state index in [0.717, 1.165) is 29.0 Å². The molecule has 0 aliphatic heterocycles. The second-order valence-electron chi connectivity index (χ2n) is 7.79. The number of nitrogens with one attached hydrogen (secondary N) is 1. The van der Waals surface area contributed by atoms with Gasteiger partial charge in [0, 0.05) is 19.5 Å². The lowest BCUT2D eigenvalue weighted by molar-refractivity contribution is -0.141. The smallest absolute Gasteiger partial charge is 0.242 e. The summed E-state index contributed by atoms with van der Waals surface area (Å²) in [5.74, 6) is 1.38. The van der Waals surface area contributed by atoms with Crippen molar-refractivity contribution in [3.8, 4) is 11.5 Å². The molecular weight excluding hydrogens is 404 g/mol. The fourth-order valence-corrected chi connectivity index (χ4v) is 3.49. The topological polar surface area (TPSA) is 67.9 Å². The number of ether oxygens (including phenoxy) is 2. The van der Waals surface area contributed by atoms with Crippen LogP contribution < -0.4 is 14.8 Å². The van der Waals surface area contributed by atoms with E-state index < -0.39 is 6.04 Å². The second-order valence-corrected chi connectivity index (χ2v) is 7.79. The minimum Gasteiger partial charge on any atom is -0.497 e. The number of aryl methyl sites for hydroxylation is 1. The molecule has 2 amide bonds. The van der Waals surface area contributed by atoms with Gasteiger partial charge in [0.2, 0.25) is 11.8 Å². The van der Waals surface area contributed by atoms with Gasteiger partial charge in [0.15, 0.2) is 0 Å². The van der Waals surface area contributed by atoms with Gasteiger partial charge in [0.25, 0.3) is 0 Å². The number of hydrogen-bond acceptors (Lipinski definition) is 4. The third kappa shape index (κ3) is 7.59. The normalized spacial score (nSPS) is 11.5.